The molecule has 2 N–H and O–H groups in total. The fourth-order valence-electron chi connectivity index (χ4n) is 1.96. The molecule has 0 radical (unpaired) electrons. The molecule has 24 heavy (non-hydrogen) atoms. The molecule has 1 aromatic carbocycles. The number of hydrogen-bond donors (Lipinski definition) is 2. The van der Waals surface area contributed by atoms with Gasteiger partial charge in [-0.15, -0.1) is 0 Å². The van der Waals surface area contributed by atoms with Crippen LogP contribution in [-0.4, -0.2) is 35.0 Å². The average Bonchev–Trinajstić information content (AvgIpc) is 2.74. The van der Waals surface area contributed by atoms with Crippen LogP contribution < -0.4 is 5.32 Å². The highest BCUT2D eigenvalue weighted by Crippen LogP contribution is 2.36. The van der Waals surface area contributed by atoms with Crippen LogP contribution in [0.25, 0.3) is 0 Å². The molecule has 2 rings (SSSR count). The Morgan fingerprint density at radius 1 is 1.08 bits per heavy atom. The van der Waals surface area contributed by atoms with Crippen molar-refractivity contribution in [3.05, 3.63) is 40.9 Å². The van der Waals surface area contributed by atoms with E-state index in [-0.39, 0.29) is 6.07 Å². The van der Waals surface area contributed by atoms with Gasteiger partial charge >= 0.3 is 6.18 Å². The van der Waals surface area contributed by atoms with E-state index in [4.69, 9.17) is 5.11 Å². The molecule has 0 saturated carbocycles. The Labute approximate surface area is 130 Å². The molecule has 1 aromatic rings. The van der Waals surface area contributed by atoms with Gasteiger partial charge in [-0.1, -0.05) is 0 Å². The number of β-amino-alcohol motifs (C(OH)–C–C–N with tert-alkyl or cyclic N) is 1. The van der Waals surface area contributed by atoms with Gasteiger partial charge in [0.1, 0.15) is 5.70 Å². The van der Waals surface area contributed by atoms with E-state index in [1.54, 1.807) is 0 Å². The lowest BCUT2D eigenvalue weighted by atomic mass is 10.1. The van der Waals surface area contributed by atoms with E-state index in [9.17, 15) is 35.9 Å². The third-order valence-electron chi connectivity index (χ3n) is 3.05. The molecular weight excluding hydrogens is 346 g/mol. The van der Waals surface area contributed by atoms with Gasteiger partial charge in [-0.05, 0) is 6.07 Å². The fraction of sp³-hybridized carbons (Fsp3) is 0.231. The number of benzene rings is 1. The Hall–Kier alpha value is -2.56. The number of hydrogen-bond acceptors (Lipinski definition) is 4. The maximum Gasteiger partial charge on any atom is 0.419 e. The molecule has 130 valence electrons. The fourth-order valence-corrected chi connectivity index (χ4v) is 1.96. The van der Waals surface area contributed by atoms with Gasteiger partial charge in [-0.3, -0.25) is 14.5 Å². The maximum atomic E-state index is 13.6. The Kier molecular flexibility index (Phi) is 4.56. The number of aliphatic hydroxyl groups is 1. The van der Waals surface area contributed by atoms with Crippen molar-refractivity contribution in [2.24, 2.45) is 0 Å². The van der Waals surface area contributed by atoms with Crippen molar-refractivity contribution >= 4 is 17.5 Å². The van der Waals surface area contributed by atoms with Crippen molar-refractivity contribution in [2.45, 2.75) is 6.18 Å². The predicted molar refractivity (Wildman–Crippen MR) is 66.8 cm³/mol. The second-order valence-corrected chi connectivity index (χ2v) is 4.61. The van der Waals surface area contributed by atoms with E-state index in [2.05, 4.69) is 0 Å². The van der Waals surface area contributed by atoms with E-state index in [0.29, 0.717) is 11.0 Å². The van der Waals surface area contributed by atoms with Crippen LogP contribution in [0, 0.1) is 17.5 Å². The van der Waals surface area contributed by atoms with Gasteiger partial charge in [-0.2, -0.15) is 13.2 Å². The Morgan fingerprint density at radius 3 is 2.25 bits per heavy atom. The van der Waals surface area contributed by atoms with Crippen LogP contribution in [0.1, 0.15) is 5.56 Å². The highest BCUT2D eigenvalue weighted by Gasteiger charge is 2.38. The second kappa shape index (κ2) is 6.15. The number of nitrogens with zero attached hydrogens (tertiary/aromatic N) is 1. The number of anilines is 1. The van der Waals surface area contributed by atoms with Crippen LogP contribution in [0.2, 0.25) is 0 Å². The molecule has 1 heterocycles. The molecule has 1 aliphatic rings. The molecule has 0 aromatic heterocycles. The molecule has 0 atom stereocenters. The summed E-state index contributed by atoms with van der Waals surface area (Å²) in [6, 6.07) is -0.0545. The minimum Gasteiger partial charge on any atom is -0.395 e. The van der Waals surface area contributed by atoms with Crippen LogP contribution in [-0.2, 0) is 15.8 Å². The van der Waals surface area contributed by atoms with Gasteiger partial charge in [-0.25, -0.2) is 13.2 Å². The number of amides is 2. The van der Waals surface area contributed by atoms with Crippen LogP contribution in [0.3, 0.4) is 0 Å². The Morgan fingerprint density at radius 2 is 1.71 bits per heavy atom. The summed E-state index contributed by atoms with van der Waals surface area (Å²) in [6.45, 7) is -0.968. The lowest BCUT2D eigenvalue weighted by Crippen LogP contribution is -2.34. The molecular formula is C13H8F6N2O3. The minimum atomic E-state index is -5.30. The van der Waals surface area contributed by atoms with Crippen molar-refractivity contribution in [3.63, 3.8) is 0 Å². The number of alkyl halides is 3. The number of nitrogens with one attached hydrogen (secondary N) is 1. The predicted octanol–water partition coefficient (Wildman–Crippen LogP) is 1.78. The zero-order chi connectivity index (χ0) is 18.2. The zero-order valence-electron chi connectivity index (χ0n) is 11.5. The topological polar surface area (TPSA) is 69.6 Å². The summed E-state index contributed by atoms with van der Waals surface area (Å²) in [7, 11) is 0. The minimum absolute atomic E-state index is 0.0545. The Bertz CT molecular complexity index is 744. The Balaban J connectivity index is 2.41. The molecule has 5 nitrogen and oxygen atoms in total. The number of carbonyl (C=O) groups is 2. The highest BCUT2D eigenvalue weighted by atomic mass is 19.4. The monoisotopic (exact) mass is 354 g/mol. The smallest absolute Gasteiger partial charge is 0.395 e. The van der Waals surface area contributed by atoms with Gasteiger partial charge < -0.3 is 10.4 Å². The first kappa shape index (κ1) is 17.8. The van der Waals surface area contributed by atoms with E-state index >= 15 is 0 Å². The SMILES string of the molecule is O=C1C=C(Nc2cc(C(F)(F)F)c(F)c(F)c2F)C(=O)N1CCO. The lowest BCUT2D eigenvalue weighted by Gasteiger charge is -2.15. The second-order valence-electron chi connectivity index (χ2n) is 4.61. The molecule has 0 fully saturated rings. The third kappa shape index (κ3) is 3.07. The first-order valence-corrected chi connectivity index (χ1v) is 6.28. The zero-order valence-corrected chi connectivity index (χ0v) is 11.5. The first-order chi connectivity index (χ1) is 11.1. The first-order valence-electron chi connectivity index (χ1n) is 6.28. The highest BCUT2D eigenvalue weighted by molar-refractivity contribution is 6.17. The van der Waals surface area contributed by atoms with E-state index < -0.39 is 65.5 Å². The quantitative estimate of drug-likeness (QED) is 0.491. The summed E-state index contributed by atoms with van der Waals surface area (Å²) in [5.74, 6) is -8.75. The third-order valence-corrected chi connectivity index (χ3v) is 3.05. The summed E-state index contributed by atoms with van der Waals surface area (Å²) in [4.78, 5) is 23.8. The molecule has 0 unspecified atom stereocenters. The molecule has 2 amide bonds. The van der Waals surface area contributed by atoms with E-state index in [0.717, 1.165) is 0 Å². The van der Waals surface area contributed by atoms with Gasteiger partial charge in [0.15, 0.2) is 17.5 Å². The number of aliphatic hydroxyl groups excluding tert-OH is 1. The summed E-state index contributed by atoms with van der Waals surface area (Å²) in [6.07, 6.45) is -4.67. The van der Waals surface area contributed by atoms with Gasteiger partial charge in [0, 0.05) is 6.08 Å². The number of carbonyl (C=O) groups excluding carboxylic acids is 2. The van der Waals surface area contributed by atoms with Crippen molar-refractivity contribution < 1.29 is 41.0 Å². The number of imide groups is 1. The molecule has 0 bridgehead atoms. The van der Waals surface area contributed by atoms with Gasteiger partial charge in [0.2, 0.25) is 0 Å². The maximum absolute atomic E-state index is 13.6. The lowest BCUT2D eigenvalue weighted by molar-refractivity contribution is -0.140. The van der Waals surface area contributed by atoms with E-state index in [1.165, 1.54) is 0 Å². The average molecular weight is 354 g/mol. The molecule has 0 spiro atoms. The van der Waals surface area contributed by atoms with Crippen LogP contribution in [0.15, 0.2) is 17.8 Å². The largest absolute Gasteiger partial charge is 0.419 e. The van der Waals surface area contributed by atoms with Gasteiger partial charge in [0.25, 0.3) is 11.8 Å². The number of rotatable bonds is 4. The van der Waals surface area contributed by atoms with Crippen LogP contribution in [0.5, 0.6) is 0 Å². The van der Waals surface area contributed by atoms with Crippen molar-refractivity contribution in [2.75, 3.05) is 18.5 Å². The number of halogens is 6. The molecule has 1 aliphatic heterocycles. The van der Waals surface area contributed by atoms with E-state index in [1.807, 2.05) is 5.32 Å². The standard InChI is InChI=1S/C13H8F6N2O3/c14-9-5(13(17,18)19)3-6(10(15)11(9)16)20-7-4-8(23)21(1-2-22)12(7)24/h3-4,20,22H,1-2H2. The molecule has 0 aliphatic carbocycles. The van der Waals surface area contributed by atoms with Gasteiger partial charge in [0.05, 0.1) is 24.4 Å². The normalized spacial score (nSPS) is 15.1. The summed E-state index contributed by atoms with van der Waals surface area (Å²) in [5, 5.41) is 10.6. The van der Waals surface area contributed by atoms with Crippen LogP contribution >= 0.6 is 0 Å². The van der Waals surface area contributed by atoms with Crippen LogP contribution in [0.4, 0.5) is 32.0 Å². The molecule has 0 saturated heterocycles. The summed E-state index contributed by atoms with van der Waals surface area (Å²) >= 11 is 0. The summed E-state index contributed by atoms with van der Waals surface area (Å²) in [5.41, 5.74) is -3.89. The molecule has 11 heteroatoms. The van der Waals surface area contributed by atoms with Crippen molar-refractivity contribution in [3.8, 4) is 0 Å². The van der Waals surface area contributed by atoms with Crippen molar-refractivity contribution in [1.29, 1.82) is 0 Å². The summed E-state index contributed by atoms with van der Waals surface area (Å²) < 4.78 is 78.1. The van der Waals surface area contributed by atoms with Crippen molar-refractivity contribution in [1.82, 2.24) is 4.90 Å².